The molecule has 132 valence electrons. The second-order valence-corrected chi connectivity index (χ2v) is 6.37. The number of fused-ring (bicyclic) bond motifs is 3. The number of nitrogens with one attached hydrogen (secondary N) is 1. The van der Waals surface area contributed by atoms with E-state index in [2.05, 4.69) is 10.2 Å². The van der Waals surface area contributed by atoms with Crippen LogP contribution < -0.4 is 5.32 Å². The third kappa shape index (κ3) is 3.94. The Morgan fingerprint density at radius 3 is 2.50 bits per heavy atom. The van der Waals surface area contributed by atoms with Crippen molar-refractivity contribution < 1.29 is 8.81 Å². The van der Waals surface area contributed by atoms with E-state index >= 15 is 0 Å². The van der Waals surface area contributed by atoms with Crippen molar-refractivity contribution in [2.75, 3.05) is 19.6 Å². The average molecular weight is 373 g/mol. The Morgan fingerprint density at radius 2 is 1.83 bits per heavy atom. The largest absolute Gasteiger partial charge is 0.460 e. The summed E-state index contributed by atoms with van der Waals surface area (Å²) in [6.07, 6.45) is 2.60. The maximum absolute atomic E-state index is 13.8. The van der Waals surface area contributed by atoms with E-state index in [-0.39, 0.29) is 30.6 Å². The molecule has 0 aliphatic carbocycles. The topological polar surface area (TPSA) is 28.4 Å². The first-order valence-corrected chi connectivity index (χ1v) is 8.09. The minimum absolute atomic E-state index is 0. The van der Waals surface area contributed by atoms with Gasteiger partial charge in [-0.15, -0.1) is 24.8 Å². The predicted molar refractivity (Wildman–Crippen MR) is 98.4 cm³/mol. The Balaban J connectivity index is 0.00000104. The number of nitrogens with zero attached hydrogens (tertiary/aromatic N) is 1. The van der Waals surface area contributed by atoms with Gasteiger partial charge in [0.1, 0.15) is 17.3 Å². The van der Waals surface area contributed by atoms with Gasteiger partial charge in [0, 0.05) is 12.6 Å². The summed E-state index contributed by atoms with van der Waals surface area (Å²) in [6, 6.07) is 11.1. The molecule has 1 aromatic heterocycles. The molecule has 24 heavy (non-hydrogen) atoms. The molecule has 0 amide bonds. The fourth-order valence-electron chi connectivity index (χ4n) is 3.71. The van der Waals surface area contributed by atoms with E-state index in [1.165, 1.54) is 32.0 Å². The Kier molecular flexibility index (Phi) is 6.70. The van der Waals surface area contributed by atoms with Crippen LogP contribution in [0.5, 0.6) is 0 Å². The smallest absolute Gasteiger partial charge is 0.137 e. The highest BCUT2D eigenvalue weighted by molar-refractivity contribution is 5.85. The van der Waals surface area contributed by atoms with E-state index in [0.717, 1.165) is 18.2 Å². The molecule has 3 fully saturated rings. The molecule has 2 bridgehead atoms. The lowest BCUT2D eigenvalue weighted by Crippen LogP contribution is -2.55. The van der Waals surface area contributed by atoms with Crippen LogP contribution in [0.4, 0.5) is 4.39 Å². The van der Waals surface area contributed by atoms with E-state index in [1.54, 1.807) is 12.1 Å². The summed E-state index contributed by atoms with van der Waals surface area (Å²) in [5, 5.41) is 3.62. The van der Waals surface area contributed by atoms with E-state index < -0.39 is 0 Å². The molecule has 0 saturated carbocycles. The van der Waals surface area contributed by atoms with E-state index in [4.69, 9.17) is 4.42 Å². The van der Waals surface area contributed by atoms with Gasteiger partial charge in [-0.25, -0.2) is 4.39 Å². The fourth-order valence-corrected chi connectivity index (χ4v) is 3.71. The summed E-state index contributed by atoms with van der Waals surface area (Å²) in [7, 11) is 0. The molecule has 1 N–H and O–H groups in total. The summed E-state index contributed by atoms with van der Waals surface area (Å²) in [5.74, 6) is 2.03. The molecule has 3 aliphatic heterocycles. The molecule has 3 nitrogen and oxygen atoms in total. The Hall–Kier alpha value is -1.07. The second kappa shape index (κ2) is 8.34. The van der Waals surface area contributed by atoms with Crippen LogP contribution in [0, 0.1) is 11.7 Å². The maximum atomic E-state index is 13.8. The monoisotopic (exact) mass is 372 g/mol. The maximum Gasteiger partial charge on any atom is 0.137 e. The molecule has 3 aliphatic rings. The predicted octanol–water partition coefficient (Wildman–Crippen LogP) is 4.11. The average Bonchev–Trinajstić information content (AvgIpc) is 3.03. The van der Waals surface area contributed by atoms with Crippen LogP contribution in [0.2, 0.25) is 0 Å². The van der Waals surface area contributed by atoms with Crippen LogP contribution in [-0.4, -0.2) is 30.6 Å². The summed E-state index contributed by atoms with van der Waals surface area (Å²) in [4.78, 5) is 2.53. The third-order valence-corrected chi connectivity index (χ3v) is 5.00. The molecule has 1 aromatic carbocycles. The summed E-state index contributed by atoms with van der Waals surface area (Å²) in [5.41, 5.74) is 0.525. The number of piperidine rings is 3. The normalized spacial score (nSPS) is 25.0. The van der Waals surface area contributed by atoms with Gasteiger partial charge in [-0.3, -0.25) is 0 Å². The lowest BCUT2D eigenvalue weighted by atomic mass is 9.84. The first-order valence-electron chi connectivity index (χ1n) is 8.09. The highest BCUT2D eigenvalue weighted by Crippen LogP contribution is 2.28. The number of benzene rings is 1. The molecule has 6 heteroatoms. The van der Waals surface area contributed by atoms with E-state index in [0.29, 0.717) is 23.9 Å². The van der Waals surface area contributed by atoms with Crippen LogP contribution in [0.3, 0.4) is 0 Å². The van der Waals surface area contributed by atoms with Crippen molar-refractivity contribution >= 4 is 24.8 Å². The summed E-state index contributed by atoms with van der Waals surface area (Å²) in [6.45, 7) is 4.36. The van der Waals surface area contributed by atoms with Gasteiger partial charge >= 0.3 is 0 Å². The van der Waals surface area contributed by atoms with Crippen molar-refractivity contribution in [1.29, 1.82) is 0 Å². The zero-order valence-corrected chi connectivity index (χ0v) is 15.0. The van der Waals surface area contributed by atoms with Crippen LogP contribution in [0.1, 0.15) is 18.6 Å². The molecule has 3 saturated heterocycles. The van der Waals surface area contributed by atoms with Crippen molar-refractivity contribution in [3.05, 3.63) is 48.0 Å². The van der Waals surface area contributed by atoms with Crippen LogP contribution in [0.25, 0.3) is 11.3 Å². The van der Waals surface area contributed by atoms with Gasteiger partial charge < -0.3 is 14.6 Å². The van der Waals surface area contributed by atoms with E-state index in [1.807, 2.05) is 18.2 Å². The number of furan rings is 1. The molecule has 4 heterocycles. The molecular weight excluding hydrogens is 350 g/mol. The molecule has 0 spiro atoms. The first-order chi connectivity index (χ1) is 10.8. The Morgan fingerprint density at radius 1 is 1.08 bits per heavy atom. The van der Waals surface area contributed by atoms with Crippen LogP contribution in [0.15, 0.2) is 40.8 Å². The first kappa shape index (κ1) is 19.3. The molecule has 2 aromatic rings. The van der Waals surface area contributed by atoms with Crippen LogP contribution >= 0.6 is 24.8 Å². The summed E-state index contributed by atoms with van der Waals surface area (Å²) >= 11 is 0. The van der Waals surface area contributed by atoms with Gasteiger partial charge in [-0.1, -0.05) is 12.1 Å². The van der Waals surface area contributed by atoms with Gasteiger partial charge in [-0.05, 0) is 56.1 Å². The molecule has 1 atom stereocenters. The minimum Gasteiger partial charge on any atom is -0.460 e. The fraction of sp³-hybridized carbons (Fsp3) is 0.444. The van der Waals surface area contributed by atoms with Gasteiger partial charge in [0.15, 0.2) is 0 Å². The lowest BCUT2D eigenvalue weighted by molar-refractivity contribution is 0.0711. The highest BCUT2D eigenvalue weighted by Gasteiger charge is 2.33. The lowest BCUT2D eigenvalue weighted by Gasteiger charge is -2.45. The SMILES string of the molecule is Cl.Cl.Fc1ccccc1-c1ccc(CNC2CN3CCC2CC3)o1. The molecule has 0 radical (unpaired) electrons. The summed E-state index contributed by atoms with van der Waals surface area (Å²) < 4.78 is 19.6. The van der Waals surface area contributed by atoms with Gasteiger partial charge in [-0.2, -0.15) is 0 Å². The van der Waals surface area contributed by atoms with Crippen molar-refractivity contribution in [1.82, 2.24) is 10.2 Å². The number of halogens is 3. The number of rotatable bonds is 4. The molecule has 1 unspecified atom stereocenters. The van der Waals surface area contributed by atoms with Crippen molar-refractivity contribution in [2.24, 2.45) is 5.92 Å². The van der Waals surface area contributed by atoms with Crippen molar-refractivity contribution in [2.45, 2.75) is 25.4 Å². The van der Waals surface area contributed by atoms with Crippen molar-refractivity contribution in [3.63, 3.8) is 0 Å². The number of hydrogen-bond donors (Lipinski definition) is 1. The number of hydrogen-bond acceptors (Lipinski definition) is 3. The van der Waals surface area contributed by atoms with Crippen molar-refractivity contribution in [3.8, 4) is 11.3 Å². The Labute approximate surface area is 154 Å². The zero-order valence-electron chi connectivity index (χ0n) is 13.4. The van der Waals surface area contributed by atoms with Crippen LogP contribution in [-0.2, 0) is 6.54 Å². The Bertz CT molecular complexity index is 656. The van der Waals surface area contributed by atoms with Gasteiger partial charge in [0.25, 0.3) is 0 Å². The second-order valence-electron chi connectivity index (χ2n) is 6.37. The minimum atomic E-state index is -0.242. The van der Waals surface area contributed by atoms with Gasteiger partial charge in [0.2, 0.25) is 0 Å². The standard InChI is InChI=1S/C18H21FN2O.2ClH/c19-16-4-2-1-3-15(16)18-6-5-14(22-18)11-20-17-12-21-9-7-13(17)8-10-21;;/h1-6,13,17,20H,7-12H2;2*1H. The zero-order chi connectivity index (χ0) is 14.9. The third-order valence-electron chi connectivity index (χ3n) is 5.00. The molecular formula is C18H23Cl2FN2O. The quantitative estimate of drug-likeness (QED) is 0.874. The highest BCUT2D eigenvalue weighted by atomic mass is 35.5. The van der Waals surface area contributed by atoms with Gasteiger partial charge in [0.05, 0.1) is 12.1 Å². The molecule has 5 rings (SSSR count). The van der Waals surface area contributed by atoms with E-state index in [9.17, 15) is 4.39 Å².